The number of piperidine rings is 1. The third kappa shape index (κ3) is 4.68. The van der Waals surface area contributed by atoms with Crippen molar-refractivity contribution in [2.75, 3.05) is 19.7 Å². The van der Waals surface area contributed by atoms with Crippen molar-refractivity contribution in [2.24, 2.45) is 5.92 Å². The largest absolute Gasteiger partial charge is 0.396 e. The Labute approximate surface area is 149 Å². The summed E-state index contributed by atoms with van der Waals surface area (Å²) < 4.78 is 0. The van der Waals surface area contributed by atoms with Crippen LogP contribution in [0.2, 0.25) is 0 Å². The third-order valence-electron chi connectivity index (χ3n) is 4.95. The molecule has 0 saturated carbocycles. The third-order valence-corrected chi connectivity index (χ3v) is 4.95. The van der Waals surface area contributed by atoms with Crippen LogP contribution >= 0.6 is 0 Å². The quantitative estimate of drug-likeness (QED) is 0.881. The summed E-state index contributed by atoms with van der Waals surface area (Å²) in [6.07, 6.45) is 0.891. The van der Waals surface area contributed by atoms with E-state index in [1.54, 1.807) is 0 Å². The summed E-state index contributed by atoms with van der Waals surface area (Å²) in [5.41, 5.74) is 3.08. The highest BCUT2D eigenvalue weighted by molar-refractivity contribution is 5.94. The van der Waals surface area contributed by atoms with E-state index in [9.17, 15) is 9.90 Å². The molecule has 2 N–H and O–H groups in total. The SMILES string of the molecule is Cc1ccc(C(=O)NC2CN(Cc3ccccc3)CCC2CO)cc1. The molecule has 2 unspecified atom stereocenters. The van der Waals surface area contributed by atoms with Crippen molar-refractivity contribution in [1.29, 1.82) is 0 Å². The number of aryl methyl sites for hydroxylation is 1. The monoisotopic (exact) mass is 338 g/mol. The smallest absolute Gasteiger partial charge is 0.251 e. The molecule has 0 aliphatic carbocycles. The highest BCUT2D eigenvalue weighted by atomic mass is 16.3. The zero-order valence-corrected chi connectivity index (χ0v) is 14.7. The first-order valence-electron chi connectivity index (χ1n) is 8.90. The van der Waals surface area contributed by atoms with Crippen LogP contribution in [0.1, 0.15) is 27.9 Å². The normalized spacial score (nSPS) is 21.0. The van der Waals surface area contributed by atoms with Gasteiger partial charge in [-0.25, -0.2) is 0 Å². The van der Waals surface area contributed by atoms with Crippen LogP contribution in [0.15, 0.2) is 54.6 Å². The molecular formula is C21H26N2O2. The van der Waals surface area contributed by atoms with E-state index in [1.807, 2.05) is 49.4 Å². The lowest BCUT2D eigenvalue weighted by atomic mass is 9.91. The second-order valence-corrected chi connectivity index (χ2v) is 6.90. The lowest BCUT2D eigenvalue weighted by Crippen LogP contribution is -2.53. The number of carbonyl (C=O) groups is 1. The summed E-state index contributed by atoms with van der Waals surface area (Å²) in [6.45, 7) is 4.69. The molecule has 1 heterocycles. The molecule has 1 aliphatic heterocycles. The second kappa shape index (κ2) is 8.28. The Morgan fingerprint density at radius 3 is 2.56 bits per heavy atom. The van der Waals surface area contributed by atoms with Crippen LogP contribution in [0.5, 0.6) is 0 Å². The number of carbonyl (C=O) groups excluding carboxylic acids is 1. The summed E-state index contributed by atoms with van der Waals surface area (Å²) in [4.78, 5) is 14.9. The molecule has 2 aromatic carbocycles. The van der Waals surface area contributed by atoms with E-state index in [-0.39, 0.29) is 24.5 Å². The predicted molar refractivity (Wildman–Crippen MR) is 99.3 cm³/mol. The Hall–Kier alpha value is -2.17. The Morgan fingerprint density at radius 1 is 1.16 bits per heavy atom. The Bertz CT molecular complexity index is 685. The highest BCUT2D eigenvalue weighted by Crippen LogP contribution is 2.20. The number of aliphatic hydroxyl groups excluding tert-OH is 1. The average Bonchev–Trinajstić information content (AvgIpc) is 2.63. The summed E-state index contributed by atoms with van der Waals surface area (Å²) in [7, 11) is 0. The van der Waals surface area contributed by atoms with Gasteiger partial charge in [-0.1, -0.05) is 48.0 Å². The van der Waals surface area contributed by atoms with Gasteiger partial charge in [-0.2, -0.15) is 0 Å². The van der Waals surface area contributed by atoms with Crippen LogP contribution in [-0.2, 0) is 6.54 Å². The van der Waals surface area contributed by atoms with Crippen LogP contribution in [0.25, 0.3) is 0 Å². The summed E-state index contributed by atoms with van der Waals surface area (Å²) in [5.74, 6) is 0.0476. The summed E-state index contributed by atoms with van der Waals surface area (Å²) in [5, 5.41) is 12.8. The Morgan fingerprint density at radius 2 is 1.88 bits per heavy atom. The first-order valence-corrected chi connectivity index (χ1v) is 8.90. The van der Waals surface area contributed by atoms with E-state index in [0.29, 0.717) is 5.56 Å². The van der Waals surface area contributed by atoms with Crippen LogP contribution in [0.3, 0.4) is 0 Å². The molecule has 0 radical (unpaired) electrons. The number of nitrogens with zero attached hydrogens (tertiary/aromatic N) is 1. The number of likely N-dealkylation sites (tertiary alicyclic amines) is 1. The van der Waals surface area contributed by atoms with E-state index in [1.165, 1.54) is 5.56 Å². The number of amides is 1. The maximum atomic E-state index is 12.5. The second-order valence-electron chi connectivity index (χ2n) is 6.90. The molecule has 1 amide bonds. The zero-order valence-electron chi connectivity index (χ0n) is 14.7. The topological polar surface area (TPSA) is 52.6 Å². The Kier molecular flexibility index (Phi) is 5.84. The molecule has 4 nitrogen and oxygen atoms in total. The molecule has 25 heavy (non-hydrogen) atoms. The van der Waals surface area contributed by atoms with Crippen molar-refractivity contribution in [2.45, 2.75) is 25.9 Å². The van der Waals surface area contributed by atoms with Gasteiger partial charge in [0.05, 0.1) is 0 Å². The fourth-order valence-corrected chi connectivity index (χ4v) is 3.39. The Balaban J connectivity index is 1.64. The number of rotatable bonds is 5. The van der Waals surface area contributed by atoms with E-state index in [2.05, 4.69) is 22.3 Å². The zero-order chi connectivity index (χ0) is 17.6. The first-order chi connectivity index (χ1) is 12.2. The number of aliphatic hydroxyl groups is 1. The van der Waals surface area contributed by atoms with Gasteiger partial charge in [0.1, 0.15) is 0 Å². The van der Waals surface area contributed by atoms with Crippen molar-refractivity contribution in [3.05, 3.63) is 71.3 Å². The van der Waals surface area contributed by atoms with Gasteiger partial charge in [0, 0.05) is 37.2 Å². The van der Waals surface area contributed by atoms with Crippen molar-refractivity contribution >= 4 is 5.91 Å². The molecule has 1 saturated heterocycles. The lowest BCUT2D eigenvalue weighted by Gasteiger charge is -2.38. The van der Waals surface area contributed by atoms with Gasteiger partial charge < -0.3 is 10.4 Å². The maximum Gasteiger partial charge on any atom is 0.251 e. The minimum Gasteiger partial charge on any atom is -0.396 e. The standard InChI is InChI=1S/C21H26N2O2/c1-16-7-9-18(10-8-16)21(25)22-20-14-23(12-11-19(20)15-24)13-17-5-3-2-4-6-17/h2-10,19-20,24H,11-15H2,1H3,(H,22,25). The predicted octanol–water partition coefficient (Wildman–Crippen LogP) is 2.61. The maximum absolute atomic E-state index is 12.5. The van der Waals surface area contributed by atoms with E-state index in [0.717, 1.165) is 31.6 Å². The molecule has 0 bridgehead atoms. The molecule has 0 spiro atoms. The van der Waals surface area contributed by atoms with E-state index < -0.39 is 0 Å². The van der Waals surface area contributed by atoms with Gasteiger partial charge in [0.2, 0.25) is 0 Å². The van der Waals surface area contributed by atoms with Crippen LogP contribution in [-0.4, -0.2) is 41.7 Å². The van der Waals surface area contributed by atoms with Gasteiger partial charge in [0.25, 0.3) is 5.91 Å². The lowest BCUT2D eigenvalue weighted by molar-refractivity contribution is 0.0730. The number of benzene rings is 2. The molecule has 2 aromatic rings. The minimum absolute atomic E-state index is 0.0312. The van der Waals surface area contributed by atoms with Crippen LogP contribution in [0.4, 0.5) is 0 Å². The molecule has 0 aromatic heterocycles. The number of nitrogens with one attached hydrogen (secondary N) is 1. The van der Waals surface area contributed by atoms with Crippen LogP contribution < -0.4 is 5.32 Å². The molecule has 1 fully saturated rings. The average molecular weight is 338 g/mol. The summed E-state index contributed by atoms with van der Waals surface area (Å²) in [6, 6.07) is 17.9. The fraction of sp³-hybridized carbons (Fsp3) is 0.381. The van der Waals surface area contributed by atoms with Gasteiger partial charge in [-0.15, -0.1) is 0 Å². The van der Waals surface area contributed by atoms with Crippen molar-refractivity contribution < 1.29 is 9.90 Å². The van der Waals surface area contributed by atoms with E-state index >= 15 is 0 Å². The molecular weight excluding hydrogens is 312 g/mol. The van der Waals surface area contributed by atoms with E-state index in [4.69, 9.17) is 0 Å². The molecule has 4 heteroatoms. The molecule has 3 rings (SSSR count). The van der Waals surface area contributed by atoms with Crippen molar-refractivity contribution in [1.82, 2.24) is 10.2 Å². The van der Waals surface area contributed by atoms with Gasteiger partial charge in [-0.3, -0.25) is 9.69 Å². The van der Waals surface area contributed by atoms with Crippen LogP contribution in [0, 0.1) is 12.8 Å². The van der Waals surface area contributed by atoms with Crippen molar-refractivity contribution in [3.63, 3.8) is 0 Å². The summed E-state index contributed by atoms with van der Waals surface area (Å²) >= 11 is 0. The molecule has 132 valence electrons. The minimum atomic E-state index is -0.0648. The first kappa shape index (κ1) is 17.6. The number of hydrogen-bond acceptors (Lipinski definition) is 3. The number of hydrogen-bond donors (Lipinski definition) is 2. The fourth-order valence-electron chi connectivity index (χ4n) is 3.39. The van der Waals surface area contributed by atoms with Gasteiger partial charge >= 0.3 is 0 Å². The highest BCUT2D eigenvalue weighted by Gasteiger charge is 2.30. The van der Waals surface area contributed by atoms with Gasteiger partial charge in [0.15, 0.2) is 0 Å². The molecule has 1 aliphatic rings. The van der Waals surface area contributed by atoms with Crippen molar-refractivity contribution in [3.8, 4) is 0 Å². The molecule has 2 atom stereocenters. The van der Waals surface area contributed by atoms with Gasteiger partial charge in [-0.05, 0) is 37.6 Å².